The minimum absolute atomic E-state index is 0.0871. The third-order valence-corrected chi connectivity index (χ3v) is 6.42. The average molecular weight is 558 g/mol. The smallest absolute Gasteiger partial charge is 0.417 e. The van der Waals surface area contributed by atoms with E-state index in [0.717, 1.165) is 23.1 Å². The summed E-state index contributed by atoms with van der Waals surface area (Å²) < 4.78 is 65.9. The Labute approximate surface area is 225 Å². The van der Waals surface area contributed by atoms with Gasteiger partial charge < -0.3 is 14.4 Å². The molecule has 1 saturated heterocycles. The number of esters is 1. The maximum absolute atomic E-state index is 15.1. The lowest BCUT2D eigenvalue weighted by molar-refractivity contribution is -0.137. The molecule has 0 aromatic heterocycles. The van der Waals surface area contributed by atoms with Crippen LogP contribution in [0.2, 0.25) is 0 Å². The molecule has 1 fully saturated rings. The first kappa shape index (κ1) is 27.5. The summed E-state index contributed by atoms with van der Waals surface area (Å²) in [6, 6.07) is 13.8. The van der Waals surface area contributed by atoms with Gasteiger partial charge in [0.2, 0.25) is 0 Å². The van der Waals surface area contributed by atoms with E-state index in [1.165, 1.54) is 56.2 Å². The summed E-state index contributed by atoms with van der Waals surface area (Å²) in [4.78, 5) is 28.1. The van der Waals surface area contributed by atoms with E-state index in [1.807, 2.05) is 0 Å². The molecule has 3 aromatic rings. The van der Waals surface area contributed by atoms with Crippen molar-refractivity contribution in [3.63, 3.8) is 0 Å². The fourth-order valence-corrected chi connectivity index (χ4v) is 4.60. The van der Waals surface area contributed by atoms with Crippen LogP contribution >= 0.6 is 12.2 Å². The van der Waals surface area contributed by atoms with Crippen molar-refractivity contribution in [3.8, 4) is 17.6 Å². The molecule has 0 atom stereocenters. The van der Waals surface area contributed by atoms with Gasteiger partial charge in [0.05, 0.1) is 35.6 Å². The van der Waals surface area contributed by atoms with Crippen molar-refractivity contribution in [2.45, 2.75) is 25.6 Å². The molecule has 1 heterocycles. The lowest BCUT2D eigenvalue weighted by Gasteiger charge is -2.29. The minimum Gasteiger partial charge on any atom is -0.497 e. The second-order valence-corrected chi connectivity index (χ2v) is 9.25. The number of nitriles is 1. The number of nitrogens with zero attached hydrogens (tertiary/aromatic N) is 3. The summed E-state index contributed by atoms with van der Waals surface area (Å²) in [5.41, 5.74) is -3.76. The molecule has 0 radical (unpaired) electrons. The van der Waals surface area contributed by atoms with Crippen LogP contribution in [0.5, 0.6) is 11.5 Å². The molecule has 1 amide bonds. The van der Waals surface area contributed by atoms with Crippen molar-refractivity contribution in [2.24, 2.45) is 0 Å². The fourth-order valence-electron chi connectivity index (χ4n) is 4.07. The number of benzene rings is 3. The van der Waals surface area contributed by atoms with Gasteiger partial charge in [-0.15, -0.1) is 0 Å². The summed E-state index contributed by atoms with van der Waals surface area (Å²) in [5.74, 6) is -1.91. The Morgan fingerprint density at radius 3 is 2.18 bits per heavy atom. The summed E-state index contributed by atoms with van der Waals surface area (Å²) in [6.45, 7) is 2.94. The summed E-state index contributed by atoms with van der Waals surface area (Å²) in [6.07, 6.45) is -4.85. The van der Waals surface area contributed by atoms with Crippen LogP contribution in [0, 0.1) is 17.1 Å². The van der Waals surface area contributed by atoms with E-state index < -0.39 is 40.5 Å². The Hall–Kier alpha value is -4.50. The van der Waals surface area contributed by atoms with E-state index in [0.29, 0.717) is 11.8 Å². The normalized spacial score (nSPS) is 14.8. The molecular weight excluding hydrogens is 538 g/mol. The van der Waals surface area contributed by atoms with Gasteiger partial charge in [-0.2, -0.15) is 18.4 Å². The zero-order valence-corrected chi connectivity index (χ0v) is 21.5. The van der Waals surface area contributed by atoms with Crippen molar-refractivity contribution < 1.29 is 36.6 Å². The van der Waals surface area contributed by atoms with Gasteiger partial charge in [0.25, 0.3) is 5.91 Å². The monoisotopic (exact) mass is 557 g/mol. The van der Waals surface area contributed by atoms with Crippen LogP contribution < -0.4 is 19.3 Å². The van der Waals surface area contributed by atoms with Crippen molar-refractivity contribution in [1.29, 1.82) is 5.26 Å². The Morgan fingerprint density at radius 1 is 1.00 bits per heavy atom. The predicted octanol–water partition coefficient (Wildman–Crippen LogP) is 5.86. The third kappa shape index (κ3) is 5.00. The van der Waals surface area contributed by atoms with Crippen LogP contribution in [0.3, 0.4) is 0 Å². The first-order valence-corrected chi connectivity index (χ1v) is 11.7. The number of carbonyl (C=O) groups is 2. The summed E-state index contributed by atoms with van der Waals surface area (Å²) in [5, 5.41) is 8.86. The van der Waals surface area contributed by atoms with Crippen LogP contribution in [0.15, 0.2) is 60.7 Å². The van der Waals surface area contributed by atoms with E-state index in [2.05, 4.69) is 0 Å². The summed E-state index contributed by atoms with van der Waals surface area (Å²) >= 11 is 5.45. The van der Waals surface area contributed by atoms with Gasteiger partial charge in [-0.05, 0) is 86.7 Å². The van der Waals surface area contributed by atoms with Gasteiger partial charge in [0, 0.05) is 5.69 Å². The number of methoxy groups -OCH3 is 1. The highest BCUT2D eigenvalue weighted by Gasteiger charge is 2.51. The molecule has 200 valence electrons. The van der Waals surface area contributed by atoms with Crippen molar-refractivity contribution in [1.82, 2.24) is 0 Å². The molecule has 0 N–H and O–H groups in total. The predicted molar refractivity (Wildman–Crippen MR) is 137 cm³/mol. The molecular formula is C27H19F4N3O4S. The van der Waals surface area contributed by atoms with Crippen molar-refractivity contribution in [2.75, 3.05) is 16.9 Å². The molecule has 0 saturated carbocycles. The number of amides is 1. The number of halogens is 4. The second-order valence-electron chi connectivity index (χ2n) is 8.89. The van der Waals surface area contributed by atoms with Crippen LogP contribution in [-0.4, -0.2) is 29.6 Å². The Bertz CT molecular complexity index is 1530. The Morgan fingerprint density at radius 2 is 1.62 bits per heavy atom. The second kappa shape index (κ2) is 9.99. The largest absolute Gasteiger partial charge is 0.497 e. The number of hydrogen-bond donors (Lipinski definition) is 0. The average Bonchev–Trinajstić information content (AvgIpc) is 3.06. The highest BCUT2D eigenvalue weighted by atomic mass is 32.1. The van der Waals surface area contributed by atoms with E-state index >= 15 is 4.39 Å². The Kier molecular flexibility index (Phi) is 7.06. The third-order valence-electron chi connectivity index (χ3n) is 6.06. The van der Waals surface area contributed by atoms with E-state index in [1.54, 1.807) is 12.1 Å². The van der Waals surface area contributed by atoms with Crippen LogP contribution in [0.1, 0.15) is 35.3 Å². The standard InChI is InChI=1S/C27H19F4N3O4S/c1-26(2)24(36)33(16-5-4-15(14-32)21(12-16)27(29,30)31)25(39)34(26)17-6-11-20(22(28)13-17)23(35)38-19-9-7-18(37-3)8-10-19/h4-13H,1-3H3. The lowest BCUT2D eigenvalue weighted by Crippen LogP contribution is -2.44. The van der Waals surface area contributed by atoms with Crippen molar-refractivity contribution in [3.05, 3.63) is 83.2 Å². The quantitative estimate of drug-likeness (QED) is 0.168. The Balaban J connectivity index is 1.65. The fraction of sp³-hybridized carbons (Fsp3) is 0.185. The molecule has 3 aromatic carbocycles. The molecule has 0 spiro atoms. The number of thiocarbonyl (C=S) groups is 1. The number of ether oxygens (including phenoxy) is 2. The topological polar surface area (TPSA) is 82.9 Å². The first-order chi connectivity index (χ1) is 18.3. The van der Waals surface area contributed by atoms with Gasteiger partial charge in [0.15, 0.2) is 5.11 Å². The first-order valence-electron chi connectivity index (χ1n) is 11.3. The molecule has 0 aliphatic carbocycles. The van der Waals surface area contributed by atoms with Crippen LogP contribution in [0.4, 0.5) is 28.9 Å². The number of rotatable bonds is 5. The zero-order chi connectivity index (χ0) is 28.7. The number of carbonyl (C=O) groups excluding carboxylic acids is 2. The van der Waals surface area contributed by atoms with Gasteiger partial charge in [0.1, 0.15) is 22.9 Å². The molecule has 39 heavy (non-hydrogen) atoms. The zero-order valence-electron chi connectivity index (χ0n) is 20.7. The lowest BCUT2D eigenvalue weighted by atomic mass is 10.0. The molecule has 7 nitrogen and oxygen atoms in total. The van der Waals surface area contributed by atoms with Gasteiger partial charge in [-0.25, -0.2) is 9.18 Å². The molecule has 4 rings (SSSR count). The van der Waals surface area contributed by atoms with E-state index in [9.17, 15) is 22.8 Å². The minimum atomic E-state index is -4.85. The highest BCUT2D eigenvalue weighted by molar-refractivity contribution is 7.81. The van der Waals surface area contributed by atoms with E-state index in [4.69, 9.17) is 27.0 Å². The maximum atomic E-state index is 15.1. The molecule has 12 heteroatoms. The molecule has 0 unspecified atom stereocenters. The number of hydrogen-bond acceptors (Lipinski definition) is 6. The molecule has 0 bridgehead atoms. The van der Waals surface area contributed by atoms with Gasteiger partial charge >= 0.3 is 12.1 Å². The van der Waals surface area contributed by atoms with Crippen molar-refractivity contribution >= 4 is 40.6 Å². The van der Waals surface area contributed by atoms with Crippen LogP contribution in [-0.2, 0) is 11.0 Å². The number of anilines is 2. The molecule has 1 aliphatic heterocycles. The number of alkyl halides is 3. The SMILES string of the molecule is COc1ccc(OC(=O)c2ccc(N3C(=S)N(c4ccc(C#N)c(C(F)(F)F)c4)C(=O)C3(C)C)cc2F)cc1. The van der Waals surface area contributed by atoms with Crippen LogP contribution in [0.25, 0.3) is 0 Å². The van der Waals surface area contributed by atoms with Gasteiger partial charge in [-0.3, -0.25) is 9.69 Å². The van der Waals surface area contributed by atoms with Gasteiger partial charge in [-0.1, -0.05) is 0 Å². The highest BCUT2D eigenvalue weighted by Crippen LogP contribution is 2.40. The molecule has 1 aliphatic rings. The summed E-state index contributed by atoms with van der Waals surface area (Å²) in [7, 11) is 1.47. The van der Waals surface area contributed by atoms with E-state index in [-0.39, 0.29) is 27.8 Å². The maximum Gasteiger partial charge on any atom is 0.417 e.